The van der Waals surface area contributed by atoms with Gasteiger partial charge in [0.15, 0.2) is 6.10 Å². The first-order valence-electron chi connectivity index (χ1n) is 6.61. The van der Waals surface area contributed by atoms with Crippen molar-refractivity contribution in [3.63, 3.8) is 0 Å². The number of rotatable bonds is 3. The molecule has 0 N–H and O–H groups in total. The minimum atomic E-state index is -3.22. The molecule has 1 saturated carbocycles. The van der Waals surface area contributed by atoms with E-state index in [2.05, 4.69) is 0 Å². The molecular formula is C12H20N2O3S. The monoisotopic (exact) mass is 272 g/mol. The average Bonchev–Trinajstić information content (AvgIpc) is 2.39. The van der Waals surface area contributed by atoms with Crippen LogP contribution in [0.2, 0.25) is 0 Å². The van der Waals surface area contributed by atoms with Crippen molar-refractivity contribution in [1.29, 1.82) is 5.26 Å². The molecule has 0 spiro atoms. The van der Waals surface area contributed by atoms with Gasteiger partial charge in [0, 0.05) is 6.54 Å². The third-order valence-electron chi connectivity index (χ3n) is 3.74. The molecule has 0 radical (unpaired) electrons. The first kappa shape index (κ1) is 13.8. The van der Waals surface area contributed by atoms with E-state index in [4.69, 9.17) is 10.00 Å². The molecule has 0 aromatic heterocycles. The van der Waals surface area contributed by atoms with E-state index in [0.29, 0.717) is 19.1 Å². The zero-order chi connectivity index (χ0) is 13.0. The quantitative estimate of drug-likeness (QED) is 0.772. The standard InChI is InChI=1S/C12H20N2O3S/c13-8-12-9-14(6-7-17-12)18(15,16)10-11-4-2-1-3-5-11/h11-12H,1-7,9-10H2. The first-order chi connectivity index (χ1) is 8.62. The molecule has 0 aromatic rings. The summed E-state index contributed by atoms with van der Waals surface area (Å²) in [4.78, 5) is 0. The van der Waals surface area contributed by atoms with Crippen molar-refractivity contribution < 1.29 is 13.2 Å². The van der Waals surface area contributed by atoms with E-state index in [9.17, 15) is 8.42 Å². The summed E-state index contributed by atoms with van der Waals surface area (Å²) in [7, 11) is -3.22. The van der Waals surface area contributed by atoms with E-state index < -0.39 is 16.1 Å². The van der Waals surface area contributed by atoms with Crippen LogP contribution in [0.3, 0.4) is 0 Å². The Morgan fingerprint density at radius 1 is 1.28 bits per heavy atom. The van der Waals surface area contributed by atoms with Gasteiger partial charge in [-0.15, -0.1) is 0 Å². The topological polar surface area (TPSA) is 70.4 Å². The summed E-state index contributed by atoms with van der Waals surface area (Å²) >= 11 is 0. The molecule has 2 fully saturated rings. The number of hydrogen-bond acceptors (Lipinski definition) is 4. The van der Waals surface area contributed by atoms with Crippen LogP contribution in [0.5, 0.6) is 0 Å². The van der Waals surface area contributed by atoms with Crippen molar-refractivity contribution >= 4 is 10.0 Å². The fraction of sp³-hybridized carbons (Fsp3) is 0.917. The van der Waals surface area contributed by atoms with Gasteiger partial charge in [0.25, 0.3) is 0 Å². The van der Waals surface area contributed by atoms with Crippen molar-refractivity contribution in [3.8, 4) is 6.07 Å². The molecule has 1 aliphatic carbocycles. The van der Waals surface area contributed by atoms with Crippen LogP contribution in [-0.4, -0.2) is 44.3 Å². The summed E-state index contributed by atoms with van der Waals surface area (Å²) in [5, 5.41) is 8.80. The molecule has 0 aromatic carbocycles. The molecular weight excluding hydrogens is 252 g/mol. The Labute approximate surface area is 109 Å². The Balaban J connectivity index is 1.95. The summed E-state index contributed by atoms with van der Waals surface area (Å²) in [6, 6.07) is 1.98. The molecule has 18 heavy (non-hydrogen) atoms. The highest BCUT2D eigenvalue weighted by molar-refractivity contribution is 7.89. The Morgan fingerprint density at radius 2 is 2.00 bits per heavy atom. The third-order valence-corrected chi connectivity index (χ3v) is 5.75. The van der Waals surface area contributed by atoms with Crippen LogP contribution in [0.1, 0.15) is 32.1 Å². The fourth-order valence-corrected chi connectivity index (χ4v) is 4.57. The lowest BCUT2D eigenvalue weighted by atomic mass is 9.91. The van der Waals surface area contributed by atoms with Crippen molar-refractivity contribution in [3.05, 3.63) is 0 Å². The maximum atomic E-state index is 12.3. The molecule has 2 aliphatic rings. The molecule has 1 saturated heterocycles. The Bertz CT molecular complexity index is 410. The fourth-order valence-electron chi connectivity index (χ4n) is 2.71. The van der Waals surface area contributed by atoms with Gasteiger partial charge in [-0.3, -0.25) is 0 Å². The maximum Gasteiger partial charge on any atom is 0.214 e. The van der Waals surface area contributed by atoms with Crippen LogP contribution in [0, 0.1) is 17.2 Å². The van der Waals surface area contributed by atoms with E-state index in [1.807, 2.05) is 6.07 Å². The number of nitriles is 1. The largest absolute Gasteiger partial charge is 0.361 e. The van der Waals surface area contributed by atoms with Gasteiger partial charge in [-0.05, 0) is 18.8 Å². The molecule has 1 aliphatic heterocycles. The molecule has 5 nitrogen and oxygen atoms in total. The Morgan fingerprint density at radius 3 is 2.67 bits per heavy atom. The van der Waals surface area contributed by atoms with Crippen LogP contribution in [-0.2, 0) is 14.8 Å². The van der Waals surface area contributed by atoms with E-state index in [0.717, 1.165) is 25.7 Å². The van der Waals surface area contributed by atoms with Crippen LogP contribution < -0.4 is 0 Å². The van der Waals surface area contributed by atoms with E-state index >= 15 is 0 Å². The second-order valence-electron chi connectivity index (χ2n) is 5.13. The number of nitrogens with zero attached hydrogens (tertiary/aromatic N) is 2. The first-order valence-corrected chi connectivity index (χ1v) is 8.22. The molecule has 1 unspecified atom stereocenters. The van der Waals surface area contributed by atoms with E-state index in [-0.39, 0.29) is 12.3 Å². The van der Waals surface area contributed by atoms with Crippen molar-refractivity contribution in [2.45, 2.75) is 38.2 Å². The zero-order valence-electron chi connectivity index (χ0n) is 10.5. The highest BCUT2D eigenvalue weighted by Crippen LogP contribution is 2.26. The SMILES string of the molecule is N#CC1CN(S(=O)(=O)CC2CCCCC2)CCO1. The Kier molecular flexibility index (Phi) is 4.60. The molecule has 0 amide bonds. The highest BCUT2D eigenvalue weighted by Gasteiger charge is 2.31. The molecule has 6 heteroatoms. The third kappa shape index (κ3) is 3.44. The van der Waals surface area contributed by atoms with E-state index in [1.54, 1.807) is 0 Å². The second kappa shape index (κ2) is 6.00. The van der Waals surface area contributed by atoms with Crippen LogP contribution in [0.25, 0.3) is 0 Å². The van der Waals surface area contributed by atoms with Gasteiger partial charge in [-0.25, -0.2) is 8.42 Å². The lowest BCUT2D eigenvalue weighted by Gasteiger charge is -2.31. The lowest BCUT2D eigenvalue weighted by molar-refractivity contribution is 0.0310. The minimum absolute atomic E-state index is 0.186. The number of sulfonamides is 1. The Hall–Kier alpha value is -0.640. The van der Waals surface area contributed by atoms with Gasteiger partial charge >= 0.3 is 0 Å². The predicted octanol–water partition coefficient (Wildman–Crippen LogP) is 1.12. The molecule has 2 rings (SSSR count). The number of hydrogen-bond donors (Lipinski definition) is 0. The molecule has 1 heterocycles. The average molecular weight is 272 g/mol. The van der Waals surface area contributed by atoms with Gasteiger partial charge in [0.05, 0.1) is 25.0 Å². The van der Waals surface area contributed by atoms with Gasteiger partial charge in [-0.1, -0.05) is 19.3 Å². The normalized spacial score (nSPS) is 27.8. The van der Waals surface area contributed by atoms with Gasteiger partial charge in [-0.2, -0.15) is 9.57 Å². The lowest BCUT2D eigenvalue weighted by Crippen LogP contribution is -2.46. The van der Waals surface area contributed by atoms with Gasteiger partial charge in [0.1, 0.15) is 0 Å². The predicted molar refractivity (Wildman–Crippen MR) is 67.3 cm³/mol. The van der Waals surface area contributed by atoms with Crippen molar-refractivity contribution in [2.24, 2.45) is 5.92 Å². The van der Waals surface area contributed by atoms with Gasteiger partial charge < -0.3 is 4.74 Å². The second-order valence-corrected chi connectivity index (χ2v) is 7.14. The van der Waals surface area contributed by atoms with Crippen molar-refractivity contribution in [2.75, 3.05) is 25.4 Å². The van der Waals surface area contributed by atoms with Crippen molar-refractivity contribution in [1.82, 2.24) is 4.31 Å². The van der Waals surface area contributed by atoms with E-state index in [1.165, 1.54) is 10.7 Å². The molecule has 1 atom stereocenters. The van der Waals surface area contributed by atoms with Gasteiger partial charge in [0.2, 0.25) is 10.0 Å². The maximum absolute atomic E-state index is 12.3. The highest BCUT2D eigenvalue weighted by atomic mass is 32.2. The smallest absolute Gasteiger partial charge is 0.214 e. The minimum Gasteiger partial charge on any atom is -0.361 e. The summed E-state index contributed by atoms with van der Waals surface area (Å²) in [6.45, 7) is 0.890. The number of ether oxygens (including phenoxy) is 1. The van der Waals surface area contributed by atoms with Crippen LogP contribution in [0.4, 0.5) is 0 Å². The zero-order valence-corrected chi connectivity index (χ0v) is 11.4. The van der Waals surface area contributed by atoms with Crippen LogP contribution in [0.15, 0.2) is 0 Å². The molecule has 0 bridgehead atoms. The van der Waals surface area contributed by atoms with Crippen LogP contribution >= 0.6 is 0 Å². The summed E-state index contributed by atoms with van der Waals surface area (Å²) in [5.41, 5.74) is 0. The summed E-state index contributed by atoms with van der Waals surface area (Å²) in [5.74, 6) is 0.539. The summed E-state index contributed by atoms with van der Waals surface area (Å²) < 4.78 is 31.2. The molecule has 102 valence electrons. The summed E-state index contributed by atoms with van der Waals surface area (Å²) in [6.07, 6.45) is 4.94. The number of morpholine rings is 1.